The molecule has 0 bridgehead atoms. The molecule has 1 atom stereocenters. The van der Waals surface area contributed by atoms with Crippen molar-refractivity contribution in [2.45, 2.75) is 53.6 Å². The zero-order valence-electron chi connectivity index (χ0n) is 16.6. The Labute approximate surface area is 156 Å². The summed E-state index contributed by atoms with van der Waals surface area (Å²) in [5, 5.41) is 0. The first kappa shape index (κ1) is 20.2. The Kier molecular flexibility index (Phi) is 5.60. The van der Waals surface area contributed by atoms with Gasteiger partial charge in [-0.2, -0.15) is 0 Å². The van der Waals surface area contributed by atoms with Crippen molar-refractivity contribution in [1.82, 2.24) is 0 Å². The van der Waals surface area contributed by atoms with Crippen molar-refractivity contribution in [1.29, 1.82) is 0 Å². The average molecular weight is 356 g/mol. The molecule has 2 aromatic carbocycles. The van der Waals surface area contributed by atoms with Crippen LogP contribution in [0.25, 0.3) is 11.1 Å². The van der Waals surface area contributed by atoms with Gasteiger partial charge in [-0.25, -0.2) is 9.18 Å². The fourth-order valence-electron chi connectivity index (χ4n) is 2.91. The molecule has 1 unspecified atom stereocenters. The van der Waals surface area contributed by atoms with Crippen LogP contribution in [0.3, 0.4) is 0 Å². The molecule has 0 spiro atoms. The highest BCUT2D eigenvalue weighted by Crippen LogP contribution is 2.43. The van der Waals surface area contributed by atoms with E-state index in [0.717, 1.165) is 11.1 Å². The van der Waals surface area contributed by atoms with Crippen LogP contribution in [0.1, 0.15) is 48.0 Å². The maximum absolute atomic E-state index is 15.7. The van der Waals surface area contributed by atoms with Crippen molar-refractivity contribution in [2.24, 2.45) is 10.8 Å². The van der Waals surface area contributed by atoms with Gasteiger partial charge in [0.15, 0.2) is 0 Å². The van der Waals surface area contributed by atoms with E-state index in [1.54, 1.807) is 32.9 Å². The molecule has 2 rings (SSSR count). The molecule has 0 aliphatic heterocycles. The van der Waals surface area contributed by atoms with Gasteiger partial charge < -0.3 is 4.74 Å². The lowest BCUT2D eigenvalue weighted by Crippen LogP contribution is -2.50. The lowest BCUT2D eigenvalue weighted by Gasteiger charge is -2.39. The van der Waals surface area contributed by atoms with Gasteiger partial charge in [-0.3, -0.25) is 0 Å². The van der Waals surface area contributed by atoms with Gasteiger partial charge in [-0.1, -0.05) is 84.0 Å². The van der Waals surface area contributed by atoms with Crippen LogP contribution in [-0.2, 0) is 4.79 Å². The van der Waals surface area contributed by atoms with E-state index in [4.69, 9.17) is 4.74 Å². The maximum Gasteiger partial charge on any atom is 0.349 e. The second kappa shape index (κ2) is 7.22. The molecule has 0 aliphatic carbocycles. The summed E-state index contributed by atoms with van der Waals surface area (Å²) in [7, 11) is 0. The lowest BCUT2D eigenvalue weighted by molar-refractivity contribution is -0.159. The van der Waals surface area contributed by atoms with Crippen molar-refractivity contribution in [2.75, 3.05) is 0 Å². The van der Waals surface area contributed by atoms with Crippen LogP contribution in [0.2, 0.25) is 0 Å². The molecule has 3 heteroatoms. The Morgan fingerprint density at radius 2 is 1.35 bits per heavy atom. The second-order valence-electron chi connectivity index (χ2n) is 9.07. The highest BCUT2D eigenvalue weighted by Gasteiger charge is 2.52. The average Bonchev–Trinajstić information content (AvgIpc) is 2.53. The van der Waals surface area contributed by atoms with Crippen molar-refractivity contribution in [3.8, 4) is 16.9 Å². The van der Waals surface area contributed by atoms with E-state index >= 15 is 4.39 Å². The highest BCUT2D eigenvalue weighted by molar-refractivity contribution is 5.83. The summed E-state index contributed by atoms with van der Waals surface area (Å²) in [4.78, 5) is 12.7. The molecular formula is C23H29FO2. The molecule has 140 valence electrons. The van der Waals surface area contributed by atoms with Crippen LogP contribution in [-0.4, -0.2) is 11.6 Å². The Hall–Kier alpha value is -2.16. The molecule has 26 heavy (non-hydrogen) atoms. The lowest BCUT2D eigenvalue weighted by atomic mass is 9.70. The number of ether oxygens (including phenoxy) is 1. The van der Waals surface area contributed by atoms with Crippen molar-refractivity contribution < 1.29 is 13.9 Å². The van der Waals surface area contributed by atoms with Gasteiger partial charge in [-0.15, -0.1) is 0 Å². The van der Waals surface area contributed by atoms with Crippen LogP contribution in [0, 0.1) is 10.8 Å². The smallest absolute Gasteiger partial charge is 0.349 e. The zero-order valence-corrected chi connectivity index (χ0v) is 16.6. The molecule has 0 heterocycles. The number of carbonyl (C=O) groups is 1. The van der Waals surface area contributed by atoms with Gasteiger partial charge in [0.05, 0.1) is 0 Å². The van der Waals surface area contributed by atoms with Gasteiger partial charge in [0.1, 0.15) is 5.75 Å². The summed E-state index contributed by atoms with van der Waals surface area (Å²) in [6, 6.07) is 17.1. The number of benzene rings is 2. The van der Waals surface area contributed by atoms with E-state index in [-0.39, 0.29) is 11.8 Å². The van der Waals surface area contributed by atoms with E-state index in [0.29, 0.717) is 5.75 Å². The minimum Gasteiger partial charge on any atom is -0.424 e. The summed E-state index contributed by atoms with van der Waals surface area (Å²) in [6.45, 7) is 11.0. The quantitative estimate of drug-likeness (QED) is 0.465. The van der Waals surface area contributed by atoms with Crippen LogP contribution in [0.5, 0.6) is 5.75 Å². The van der Waals surface area contributed by atoms with Crippen molar-refractivity contribution >= 4 is 5.97 Å². The fourth-order valence-corrected chi connectivity index (χ4v) is 2.91. The molecule has 0 saturated carbocycles. The van der Waals surface area contributed by atoms with E-state index < -0.39 is 17.1 Å². The number of halogens is 1. The molecule has 0 aromatic heterocycles. The minimum absolute atomic E-state index is 0.102. The third-order valence-electron chi connectivity index (χ3n) is 4.46. The zero-order chi connectivity index (χ0) is 19.6. The molecular weight excluding hydrogens is 327 g/mol. The molecule has 2 aromatic rings. The number of hydrogen-bond acceptors (Lipinski definition) is 2. The summed E-state index contributed by atoms with van der Waals surface area (Å²) in [6.07, 6.45) is 0.102. The van der Waals surface area contributed by atoms with Crippen LogP contribution in [0.4, 0.5) is 4.39 Å². The maximum atomic E-state index is 15.7. The van der Waals surface area contributed by atoms with Gasteiger partial charge in [-0.05, 0) is 35.1 Å². The first-order chi connectivity index (χ1) is 11.9. The van der Waals surface area contributed by atoms with E-state index in [1.807, 2.05) is 63.2 Å². The predicted molar refractivity (Wildman–Crippen MR) is 105 cm³/mol. The highest BCUT2D eigenvalue weighted by atomic mass is 19.1. The molecule has 0 saturated heterocycles. The van der Waals surface area contributed by atoms with Gasteiger partial charge in [0.2, 0.25) is 5.67 Å². The molecule has 0 radical (unpaired) electrons. The number of carbonyl (C=O) groups excluding carboxylic acids is 1. The Morgan fingerprint density at radius 3 is 1.81 bits per heavy atom. The number of esters is 1. The molecule has 0 amide bonds. The van der Waals surface area contributed by atoms with E-state index in [1.165, 1.54) is 0 Å². The third kappa shape index (κ3) is 4.72. The molecule has 0 aliphatic rings. The van der Waals surface area contributed by atoms with E-state index in [9.17, 15) is 4.79 Å². The largest absolute Gasteiger partial charge is 0.424 e. The van der Waals surface area contributed by atoms with Crippen LogP contribution < -0.4 is 4.74 Å². The standard InChI is InChI=1S/C23H29FO2/c1-21(2,3)16-23(24,22(4,5)6)20(25)26-19-14-12-18(13-15-19)17-10-8-7-9-11-17/h7-15H,16H2,1-6H3. The Morgan fingerprint density at radius 1 is 0.846 bits per heavy atom. The van der Waals surface area contributed by atoms with Crippen LogP contribution in [0.15, 0.2) is 54.6 Å². The first-order valence-corrected chi connectivity index (χ1v) is 8.99. The second-order valence-corrected chi connectivity index (χ2v) is 9.07. The van der Waals surface area contributed by atoms with E-state index in [2.05, 4.69) is 0 Å². The molecule has 0 fully saturated rings. The minimum atomic E-state index is -2.07. The van der Waals surface area contributed by atoms with Gasteiger partial charge in [0.25, 0.3) is 0 Å². The Balaban J connectivity index is 2.21. The molecule has 0 N–H and O–H groups in total. The predicted octanol–water partition coefficient (Wildman–Crippen LogP) is 6.45. The van der Waals surface area contributed by atoms with Gasteiger partial charge >= 0.3 is 5.97 Å². The summed E-state index contributed by atoms with van der Waals surface area (Å²) >= 11 is 0. The Bertz CT molecular complexity index is 737. The van der Waals surface area contributed by atoms with Gasteiger partial charge in [0, 0.05) is 5.41 Å². The van der Waals surface area contributed by atoms with Crippen molar-refractivity contribution in [3.63, 3.8) is 0 Å². The monoisotopic (exact) mass is 356 g/mol. The topological polar surface area (TPSA) is 26.3 Å². The fraction of sp³-hybridized carbons (Fsp3) is 0.435. The normalized spacial score (nSPS) is 14.6. The molecule has 2 nitrogen and oxygen atoms in total. The summed E-state index contributed by atoms with van der Waals surface area (Å²) < 4.78 is 21.2. The SMILES string of the molecule is CC(C)(C)CC(F)(C(=O)Oc1ccc(-c2ccccc2)cc1)C(C)(C)C. The first-order valence-electron chi connectivity index (χ1n) is 8.99. The summed E-state index contributed by atoms with van der Waals surface area (Å²) in [5.74, 6) is -0.470. The number of hydrogen-bond donors (Lipinski definition) is 0. The number of alkyl halides is 1. The van der Waals surface area contributed by atoms with Crippen LogP contribution >= 0.6 is 0 Å². The van der Waals surface area contributed by atoms with Crippen molar-refractivity contribution in [3.05, 3.63) is 54.6 Å². The third-order valence-corrected chi connectivity index (χ3v) is 4.46. The number of rotatable bonds is 4. The summed E-state index contributed by atoms with van der Waals surface area (Å²) in [5.41, 5.74) is -1.17.